The van der Waals surface area contributed by atoms with Crippen LogP contribution in [0.1, 0.15) is 46.0 Å². The first-order valence-corrected chi connectivity index (χ1v) is 7.76. The van der Waals surface area contributed by atoms with Crippen LogP contribution in [0.25, 0.3) is 0 Å². The van der Waals surface area contributed by atoms with E-state index in [2.05, 4.69) is 24.1 Å². The minimum atomic E-state index is 0.476. The average Bonchev–Trinajstić information content (AvgIpc) is 2.77. The summed E-state index contributed by atoms with van der Waals surface area (Å²) in [6.45, 7) is 11.6. The van der Waals surface area contributed by atoms with E-state index in [9.17, 15) is 0 Å². The highest BCUT2D eigenvalue weighted by Crippen LogP contribution is 2.26. The van der Waals surface area contributed by atoms with Crippen molar-refractivity contribution < 1.29 is 4.74 Å². The molecule has 2 unspecified atom stereocenters. The van der Waals surface area contributed by atoms with Crippen LogP contribution in [-0.2, 0) is 4.74 Å². The van der Waals surface area contributed by atoms with Crippen molar-refractivity contribution in [3.63, 3.8) is 0 Å². The molecule has 0 spiro atoms. The number of rotatable bonds is 6. The smallest absolute Gasteiger partial charge is 0.0702 e. The van der Waals surface area contributed by atoms with E-state index >= 15 is 0 Å². The van der Waals surface area contributed by atoms with Crippen LogP contribution >= 0.6 is 0 Å². The van der Waals surface area contributed by atoms with Crippen LogP contribution in [0.2, 0.25) is 0 Å². The van der Waals surface area contributed by atoms with Gasteiger partial charge in [-0.15, -0.1) is 0 Å². The lowest BCUT2D eigenvalue weighted by Gasteiger charge is -2.35. The topological polar surface area (TPSA) is 24.5 Å². The Labute approximate surface area is 112 Å². The van der Waals surface area contributed by atoms with Crippen LogP contribution in [0.4, 0.5) is 0 Å². The van der Waals surface area contributed by atoms with Crippen LogP contribution < -0.4 is 5.32 Å². The van der Waals surface area contributed by atoms with Gasteiger partial charge in [-0.3, -0.25) is 0 Å². The van der Waals surface area contributed by atoms with E-state index in [1.807, 2.05) is 0 Å². The van der Waals surface area contributed by atoms with Crippen molar-refractivity contribution in [2.24, 2.45) is 5.41 Å². The fourth-order valence-electron chi connectivity index (χ4n) is 3.33. The largest absolute Gasteiger partial charge is 0.377 e. The van der Waals surface area contributed by atoms with Gasteiger partial charge in [0.2, 0.25) is 0 Å². The second-order valence-corrected chi connectivity index (χ2v) is 6.46. The first-order valence-electron chi connectivity index (χ1n) is 7.76. The predicted octanol–water partition coefficient (Wildman–Crippen LogP) is 2.27. The van der Waals surface area contributed by atoms with E-state index in [1.165, 1.54) is 58.3 Å². The van der Waals surface area contributed by atoms with Crippen LogP contribution in [-0.4, -0.2) is 50.3 Å². The van der Waals surface area contributed by atoms with Gasteiger partial charge in [0.15, 0.2) is 0 Å². The van der Waals surface area contributed by atoms with Gasteiger partial charge in [-0.1, -0.05) is 13.8 Å². The monoisotopic (exact) mass is 254 g/mol. The van der Waals surface area contributed by atoms with Crippen molar-refractivity contribution in [2.75, 3.05) is 39.3 Å². The molecule has 0 saturated carbocycles. The molecule has 2 saturated heterocycles. The third-order valence-corrected chi connectivity index (χ3v) is 4.34. The Bertz CT molecular complexity index is 233. The predicted molar refractivity (Wildman–Crippen MR) is 75.9 cm³/mol. The Morgan fingerprint density at radius 2 is 2.28 bits per heavy atom. The molecule has 0 bridgehead atoms. The maximum absolute atomic E-state index is 5.89. The quantitative estimate of drug-likeness (QED) is 0.787. The van der Waals surface area contributed by atoms with Gasteiger partial charge in [0, 0.05) is 26.2 Å². The Hall–Kier alpha value is -0.120. The van der Waals surface area contributed by atoms with E-state index in [0.29, 0.717) is 11.5 Å². The molecular weight excluding hydrogens is 224 g/mol. The molecule has 2 rings (SSSR count). The standard InChI is InChI=1S/C15H30N2O/c1-3-9-17(11-14-6-4-5-10-18-14)13-15(2)7-8-16-12-15/h14,16H,3-13H2,1-2H3. The summed E-state index contributed by atoms with van der Waals surface area (Å²) >= 11 is 0. The van der Waals surface area contributed by atoms with Crippen molar-refractivity contribution >= 4 is 0 Å². The molecule has 1 N–H and O–H groups in total. The lowest BCUT2D eigenvalue weighted by Crippen LogP contribution is -2.43. The molecule has 0 radical (unpaired) electrons. The van der Waals surface area contributed by atoms with Gasteiger partial charge in [0.25, 0.3) is 0 Å². The summed E-state index contributed by atoms with van der Waals surface area (Å²) in [5.41, 5.74) is 0.476. The molecule has 18 heavy (non-hydrogen) atoms. The first-order chi connectivity index (χ1) is 8.72. The van der Waals surface area contributed by atoms with Crippen molar-refractivity contribution in [1.82, 2.24) is 10.2 Å². The second kappa shape index (κ2) is 6.88. The minimum absolute atomic E-state index is 0.476. The molecule has 2 fully saturated rings. The van der Waals surface area contributed by atoms with Crippen LogP contribution in [0, 0.1) is 5.41 Å². The number of hydrogen-bond acceptors (Lipinski definition) is 3. The summed E-state index contributed by atoms with van der Waals surface area (Å²) in [6.07, 6.45) is 6.92. The maximum Gasteiger partial charge on any atom is 0.0702 e. The first kappa shape index (κ1) is 14.3. The fraction of sp³-hybridized carbons (Fsp3) is 1.00. The highest BCUT2D eigenvalue weighted by atomic mass is 16.5. The van der Waals surface area contributed by atoms with Crippen LogP contribution in [0.5, 0.6) is 0 Å². The summed E-state index contributed by atoms with van der Waals surface area (Å²) < 4.78 is 5.89. The SMILES string of the molecule is CCCN(CC1CCCCO1)CC1(C)CCNC1. The zero-order valence-corrected chi connectivity index (χ0v) is 12.2. The molecule has 3 nitrogen and oxygen atoms in total. The summed E-state index contributed by atoms with van der Waals surface area (Å²) in [4.78, 5) is 2.64. The Morgan fingerprint density at radius 1 is 1.39 bits per heavy atom. The number of hydrogen-bond donors (Lipinski definition) is 1. The van der Waals surface area contributed by atoms with Gasteiger partial charge < -0.3 is 15.0 Å². The maximum atomic E-state index is 5.89. The van der Waals surface area contributed by atoms with Gasteiger partial charge >= 0.3 is 0 Å². The van der Waals surface area contributed by atoms with Crippen molar-refractivity contribution in [3.05, 3.63) is 0 Å². The number of nitrogens with one attached hydrogen (secondary N) is 1. The van der Waals surface area contributed by atoms with Crippen molar-refractivity contribution in [1.29, 1.82) is 0 Å². The summed E-state index contributed by atoms with van der Waals surface area (Å²) in [7, 11) is 0. The zero-order valence-electron chi connectivity index (χ0n) is 12.2. The average molecular weight is 254 g/mol. The fourth-order valence-corrected chi connectivity index (χ4v) is 3.33. The van der Waals surface area contributed by atoms with Crippen LogP contribution in [0.3, 0.4) is 0 Å². The third kappa shape index (κ3) is 4.22. The summed E-state index contributed by atoms with van der Waals surface area (Å²) in [6, 6.07) is 0. The summed E-state index contributed by atoms with van der Waals surface area (Å²) in [5, 5.41) is 3.51. The Balaban J connectivity index is 1.82. The van der Waals surface area contributed by atoms with E-state index in [1.54, 1.807) is 0 Å². The Morgan fingerprint density at radius 3 is 2.89 bits per heavy atom. The Kier molecular flexibility index (Phi) is 5.46. The zero-order chi connectivity index (χ0) is 12.8. The molecule has 106 valence electrons. The molecule has 2 aliphatic heterocycles. The molecule has 2 aliphatic rings. The lowest BCUT2D eigenvalue weighted by molar-refractivity contribution is -0.0114. The second-order valence-electron chi connectivity index (χ2n) is 6.46. The van der Waals surface area contributed by atoms with Gasteiger partial charge in [0.05, 0.1) is 6.10 Å². The van der Waals surface area contributed by atoms with Gasteiger partial charge in [-0.2, -0.15) is 0 Å². The van der Waals surface area contributed by atoms with Crippen molar-refractivity contribution in [3.8, 4) is 0 Å². The highest BCUT2D eigenvalue weighted by Gasteiger charge is 2.31. The number of nitrogens with zero attached hydrogens (tertiary/aromatic N) is 1. The molecule has 0 aromatic carbocycles. The van der Waals surface area contributed by atoms with E-state index in [4.69, 9.17) is 4.74 Å². The molecular formula is C15H30N2O. The minimum Gasteiger partial charge on any atom is -0.377 e. The van der Waals surface area contributed by atoms with Gasteiger partial charge in [-0.05, 0) is 50.6 Å². The highest BCUT2D eigenvalue weighted by molar-refractivity contribution is 4.87. The molecule has 2 atom stereocenters. The number of ether oxygens (including phenoxy) is 1. The normalized spacial score (nSPS) is 33.2. The summed E-state index contributed by atoms with van der Waals surface area (Å²) in [5.74, 6) is 0. The third-order valence-electron chi connectivity index (χ3n) is 4.34. The lowest BCUT2D eigenvalue weighted by atomic mass is 9.89. The van der Waals surface area contributed by atoms with Gasteiger partial charge in [0.1, 0.15) is 0 Å². The van der Waals surface area contributed by atoms with Crippen molar-refractivity contribution in [2.45, 2.75) is 52.1 Å². The van der Waals surface area contributed by atoms with E-state index in [0.717, 1.165) is 13.2 Å². The molecule has 2 heterocycles. The van der Waals surface area contributed by atoms with E-state index in [-0.39, 0.29) is 0 Å². The molecule has 0 aromatic rings. The molecule has 0 aromatic heterocycles. The van der Waals surface area contributed by atoms with Gasteiger partial charge in [-0.25, -0.2) is 0 Å². The van der Waals surface area contributed by atoms with E-state index < -0.39 is 0 Å². The molecule has 0 amide bonds. The molecule has 3 heteroatoms. The van der Waals surface area contributed by atoms with Crippen LogP contribution in [0.15, 0.2) is 0 Å². The molecule has 0 aliphatic carbocycles.